The van der Waals surface area contributed by atoms with E-state index in [0.29, 0.717) is 16.4 Å². The molecule has 18 heavy (non-hydrogen) atoms. The topological polar surface area (TPSA) is 41.1 Å². The highest BCUT2D eigenvalue weighted by Gasteiger charge is 2.04. The molecule has 1 rings (SSSR count). The van der Waals surface area contributed by atoms with Gasteiger partial charge in [-0.25, -0.2) is 9.97 Å². The first-order valence-corrected chi connectivity index (χ1v) is 7.66. The molecule has 0 aliphatic rings. The molecule has 0 saturated heterocycles. The Bertz CT molecular complexity index is 373. The van der Waals surface area contributed by atoms with Crippen LogP contribution in [0.15, 0.2) is 11.2 Å². The van der Waals surface area contributed by atoms with Crippen molar-refractivity contribution in [2.24, 2.45) is 0 Å². The lowest BCUT2D eigenvalue weighted by atomic mass is 10.3. The van der Waals surface area contributed by atoms with E-state index in [0.717, 1.165) is 25.3 Å². The largest absolute Gasteiger partial charge is 0.370 e. The molecule has 0 aliphatic carbocycles. The SMILES string of the molecule is CSc1nc(Cl)cc(NCCCN(C)C(C)C)n1. The Kier molecular flexibility index (Phi) is 6.75. The zero-order valence-electron chi connectivity index (χ0n) is 11.4. The Labute approximate surface area is 119 Å². The van der Waals surface area contributed by atoms with Gasteiger partial charge in [0.1, 0.15) is 11.0 Å². The number of halogens is 1. The van der Waals surface area contributed by atoms with Gasteiger partial charge in [-0.3, -0.25) is 0 Å². The number of rotatable bonds is 7. The molecule has 0 amide bonds. The Balaban J connectivity index is 2.37. The second-order valence-electron chi connectivity index (χ2n) is 4.42. The third-order valence-corrected chi connectivity index (χ3v) is 3.47. The first-order valence-electron chi connectivity index (χ1n) is 6.05. The summed E-state index contributed by atoms with van der Waals surface area (Å²) in [5.41, 5.74) is 0. The minimum atomic E-state index is 0.483. The highest BCUT2D eigenvalue weighted by Crippen LogP contribution is 2.17. The van der Waals surface area contributed by atoms with Crippen LogP contribution in [0.2, 0.25) is 5.15 Å². The van der Waals surface area contributed by atoms with Gasteiger partial charge in [-0.2, -0.15) is 0 Å². The van der Waals surface area contributed by atoms with Gasteiger partial charge in [0.2, 0.25) is 0 Å². The fraction of sp³-hybridized carbons (Fsp3) is 0.667. The molecule has 0 radical (unpaired) electrons. The molecule has 0 atom stereocenters. The molecular weight excluding hydrogens is 268 g/mol. The van der Waals surface area contributed by atoms with E-state index in [4.69, 9.17) is 11.6 Å². The molecule has 0 aromatic carbocycles. The fourth-order valence-corrected chi connectivity index (χ4v) is 1.99. The summed E-state index contributed by atoms with van der Waals surface area (Å²) >= 11 is 7.41. The van der Waals surface area contributed by atoms with Crippen molar-refractivity contribution in [3.63, 3.8) is 0 Å². The Hall–Kier alpha value is -0.520. The molecule has 0 spiro atoms. The van der Waals surface area contributed by atoms with Gasteiger partial charge in [0, 0.05) is 18.7 Å². The Morgan fingerprint density at radius 1 is 1.44 bits per heavy atom. The lowest BCUT2D eigenvalue weighted by Gasteiger charge is -2.20. The molecule has 0 bridgehead atoms. The summed E-state index contributed by atoms with van der Waals surface area (Å²) in [6.07, 6.45) is 3.01. The summed E-state index contributed by atoms with van der Waals surface area (Å²) in [4.78, 5) is 10.8. The normalized spacial score (nSPS) is 11.3. The van der Waals surface area contributed by atoms with Crippen molar-refractivity contribution < 1.29 is 0 Å². The second kappa shape index (κ2) is 7.81. The minimum absolute atomic E-state index is 0.483. The molecule has 0 aliphatic heterocycles. The van der Waals surface area contributed by atoms with Crippen LogP contribution in [-0.2, 0) is 0 Å². The van der Waals surface area contributed by atoms with Crippen molar-refractivity contribution >= 4 is 29.2 Å². The number of hydrogen-bond acceptors (Lipinski definition) is 5. The molecule has 102 valence electrons. The standard InChI is InChI=1S/C12H21ClN4S/c1-9(2)17(3)7-5-6-14-11-8-10(13)15-12(16-11)18-4/h8-9H,5-7H2,1-4H3,(H,14,15,16). The van der Waals surface area contributed by atoms with E-state index in [2.05, 4.69) is 41.1 Å². The van der Waals surface area contributed by atoms with Gasteiger partial charge >= 0.3 is 0 Å². The van der Waals surface area contributed by atoms with Crippen molar-refractivity contribution in [2.45, 2.75) is 31.5 Å². The molecule has 4 nitrogen and oxygen atoms in total. The monoisotopic (exact) mass is 288 g/mol. The quantitative estimate of drug-likeness (QED) is 0.361. The summed E-state index contributed by atoms with van der Waals surface area (Å²) < 4.78 is 0. The number of aromatic nitrogens is 2. The number of hydrogen-bond donors (Lipinski definition) is 1. The number of nitrogens with zero attached hydrogens (tertiary/aromatic N) is 3. The van der Waals surface area contributed by atoms with Crippen LogP contribution in [0.3, 0.4) is 0 Å². The molecule has 1 N–H and O–H groups in total. The van der Waals surface area contributed by atoms with Crippen LogP contribution in [0.5, 0.6) is 0 Å². The van der Waals surface area contributed by atoms with Crippen molar-refractivity contribution in [3.05, 3.63) is 11.2 Å². The van der Waals surface area contributed by atoms with Crippen LogP contribution in [0.1, 0.15) is 20.3 Å². The molecule has 0 unspecified atom stereocenters. The summed E-state index contributed by atoms with van der Waals surface area (Å²) in [5, 5.41) is 4.46. The van der Waals surface area contributed by atoms with Gasteiger partial charge in [0.25, 0.3) is 0 Å². The maximum atomic E-state index is 5.92. The van der Waals surface area contributed by atoms with Gasteiger partial charge in [0.15, 0.2) is 5.16 Å². The van der Waals surface area contributed by atoms with Crippen LogP contribution in [0.25, 0.3) is 0 Å². The van der Waals surface area contributed by atoms with E-state index < -0.39 is 0 Å². The second-order valence-corrected chi connectivity index (χ2v) is 5.58. The highest BCUT2D eigenvalue weighted by molar-refractivity contribution is 7.98. The Morgan fingerprint density at radius 2 is 2.17 bits per heavy atom. The van der Waals surface area contributed by atoms with Crippen molar-refractivity contribution in [2.75, 3.05) is 31.7 Å². The van der Waals surface area contributed by atoms with Crippen LogP contribution >= 0.6 is 23.4 Å². The van der Waals surface area contributed by atoms with E-state index in [9.17, 15) is 0 Å². The summed E-state index contributed by atoms with van der Waals surface area (Å²) in [7, 11) is 2.14. The molecular formula is C12H21ClN4S. The van der Waals surface area contributed by atoms with Gasteiger partial charge in [0.05, 0.1) is 0 Å². The maximum Gasteiger partial charge on any atom is 0.190 e. The fourth-order valence-electron chi connectivity index (χ4n) is 1.38. The summed E-state index contributed by atoms with van der Waals surface area (Å²) in [6, 6.07) is 2.34. The van der Waals surface area contributed by atoms with Crippen molar-refractivity contribution in [1.82, 2.24) is 14.9 Å². The lowest BCUT2D eigenvalue weighted by Crippen LogP contribution is -2.28. The van der Waals surface area contributed by atoms with Gasteiger partial charge in [-0.15, -0.1) is 0 Å². The van der Waals surface area contributed by atoms with E-state index in [1.54, 1.807) is 6.07 Å². The lowest BCUT2D eigenvalue weighted by molar-refractivity contribution is 0.273. The molecule has 0 saturated carbocycles. The molecule has 1 aromatic heterocycles. The third kappa shape index (κ3) is 5.42. The summed E-state index contributed by atoms with van der Waals surface area (Å²) in [6.45, 7) is 6.35. The average Bonchev–Trinajstić information content (AvgIpc) is 2.33. The number of nitrogens with one attached hydrogen (secondary N) is 1. The third-order valence-electron chi connectivity index (χ3n) is 2.73. The van der Waals surface area contributed by atoms with E-state index in [1.807, 2.05) is 6.26 Å². The van der Waals surface area contributed by atoms with Gasteiger partial charge in [-0.1, -0.05) is 23.4 Å². The van der Waals surface area contributed by atoms with Crippen LogP contribution in [-0.4, -0.2) is 47.3 Å². The van der Waals surface area contributed by atoms with E-state index in [-0.39, 0.29) is 0 Å². The molecule has 0 fully saturated rings. The van der Waals surface area contributed by atoms with Crippen LogP contribution in [0, 0.1) is 0 Å². The van der Waals surface area contributed by atoms with Crippen molar-refractivity contribution in [1.29, 1.82) is 0 Å². The summed E-state index contributed by atoms with van der Waals surface area (Å²) in [5.74, 6) is 0.798. The molecule has 1 aromatic rings. The smallest absolute Gasteiger partial charge is 0.190 e. The predicted molar refractivity (Wildman–Crippen MR) is 79.7 cm³/mol. The van der Waals surface area contributed by atoms with Gasteiger partial charge < -0.3 is 10.2 Å². The Morgan fingerprint density at radius 3 is 2.78 bits per heavy atom. The van der Waals surface area contributed by atoms with E-state index in [1.165, 1.54) is 11.8 Å². The van der Waals surface area contributed by atoms with E-state index >= 15 is 0 Å². The molecule has 6 heteroatoms. The maximum absolute atomic E-state index is 5.92. The van der Waals surface area contributed by atoms with Crippen LogP contribution in [0.4, 0.5) is 5.82 Å². The average molecular weight is 289 g/mol. The predicted octanol–water partition coefficient (Wildman–Crippen LogP) is 2.99. The number of anilines is 1. The first kappa shape index (κ1) is 15.5. The van der Waals surface area contributed by atoms with Crippen LogP contribution < -0.4 is 5.32 Å². The number of thioether (sulfide) groups is 1. The van der Waals surface area contributed by atoms with Gasteiger partial charge in [-0.05, 0) is 40.1 Å². The highest BCUT2D eigenvalue weighted by atomic mass is 35.5. The minimum Gasteiger partial charge on any atom is -0.370 e. The molecule has 1 heterocycles. The zero-order chi connectivity index (χ0) is 13.5. The first-order chi connectivity index (χ1) is 8.52. The van der Waals surface area contributed by atoms with Crippen molar-refractivity contribution in [3.8, 4) is 0 Å². The zero-order valence-corrected chi connectivity index (χ0v) is 13.0.